The van der Waals surface area contributed by atoms with Gasteiger partial charge in [0, 0.05) is 32.5 Å². The summed E-state index contributed by atoms with van der Waals surface area (Å²) in [5, 5.41) is 66.5. The molecule has 27 heteroatoms. The number of unbranched alkanes of at least 4 members (excludes halogenated alkanes) is 2. The number of carbonyl (C=O) groups excluding carboxylic acids is 9. The molecule has 27 nitrogen and oxygen atoms in total. The fourth-order valence-corrected chi connectivity index (χ4v) is 10.4. The molecule has 452 valence electrons. The molecule has 3 aliphatic rings. The second-order valence-electron chi connectivity index (χ2n) is 21.2. The monoisotopic (exact) mass is 1150 g/mol. The lowest BCUT2D eigenvalue weighted by molar-refractivity contribution is -0.148. The number of phenols is 2. The van der Waals surface area contributed by atoms with Crippen molar-refractivity contribution in [3.8, 4) is 11.5 Å². The molecule has 0 spiro atoms. The molecule has 2 aromatic rings. The molecule has 3 saturated heterocycles. The summed E-state index contributed by atoms with van der Waals surface area (Å²) in [5.74, 6) is -8.36. The van der Waals surface area contributed by atoms with Gasteiger partial charge in [0.15, 0.2) is 0 Å². The molecule has 2 aromatic carbocycles. The first kappa shape index (κ1) is 65.4. The van der Waals surface area contributed by atoms with Crippen LogP contribution in [0.3, 0.4) is 0 Å². The second kappa shape index (κ2) is 31.7. The maximum Gasteiger partial charge on any atom is 0.326 e. The maximum atomic E-state index is 14.8. The highest BCUT2D eigenvalue weighted by atomic mass is 16.4. The average molecular weight is 1150 g/mol. The van der Waals surface area contributed by atoms with Crippen LogP contribution < -0.4 is 49.1 Å². The van der Waals surface area contributed by atoms with Gasteiger partial charge in [-0.1, -0.05) is 24.3 Å². The van der Waals surface area contributed by atoms with Crippen molar-refractivity contribution in [2.75, 3.05) is 39.3 Å². The molecule has 0 unspecified atom stereocenters. The van der Waals surface area contributed by atoms with Crippen LogP contribution >= 0.6 is 0 Å². The predicted molar refractivity (Wildman–Crippen MR) is 295 cm³/mol. The number of hydrogen-bond acceptors (Lipinski definition) is 17. The van der Waals surface area contributed by atoms with Gasteiger partial charge < -0.3 is 89.3 Å². The minimum absolute atomic E-state index is 0.0437. The van der Waals surface area contributed by atoms with Gasteiger partial charge in [-0.05, 0) is 139 Å². The van der Waals surface area contributed by atoms with Crippen molar-refractivity contribution >= 4 is 59.1 Å². The number of nitrogens with two attached hydrogens (primary N) is 3. The number of carbonyl (C=O) groups is 10. The number of aliphatic hydroxyl groups is 2. The molecule has 3 fully saturated rings. The quantitative estimate of drug-likeness (QED) is 0.0343. The van der Waals surface area contributed by atoms with E-state index in [4.69, 9.17) is 17.2 Å². The number of hydrogen-bond donors (Lipinski definition) is 14. The highest BCUT2D eigenvalue weighted by Gasteiger charge is 2.46. The summed E-state index contributed by atoms with van der Waals surface area (Å²) < 4.78 is 0. The SMILES string of the molecule is C[C@H](N)C(=O)N[C@@H](CCCCN)C(=O)N1CCC[C@H]1C(=O)N[C@@H](CO)C(=O)N[C@@H](Cc1ccc(O)cc1)C(=O)N1CCC[C@H]1C(=O)N1CCC[C@H]1C(=O)N[C@H](C(=O)N[C@@H](Cc1ccc(O)cc1)C(=O)N[C@@H](CCCCN)C(=O)O)[C@@H](C)O. The van der Waals surface area contributed by atoms with E-state index in [2.05, 4.69) is 31.9 Å². The highest BCUT2D eigenvalue weighted by Crippen LogP contribution is 2.27. The van der Waals surface area contributed by atoms with E-state index in [1.807, 2.05) is 0 Å². The number of carboxylic acid groups (broad SMARTS) is 1. The predicted octanol–water partition coefficient (Wildman–Crippen LogP) is -3.17. The topological polar surface area (TPSA) is 432 Å². The van der Waals surface area contributed by atoms with Crippen LogP contribution in [-0.4, -0.2) is 205 Å². The van der Waals surface area contributed by atoms with Crippen LogP contribution in [0.4, 0.5) is 0 Å². The fourth-order valence-electron chi connectivity index (χ4n) is 10.4. The van der Waals surface area contributed by atoms with Gasteiger partial charge in [-0.2, -0.15) is 0 Å². The zero-order valence-electron chi connectivity index (χ0n) is 46.5. The maximum absolute atomic E-state index is 14.8. The number of rotatable bonds is 30. The lowest BCUT2D eigenvalue weighted by Crippen LogP contribution is -2.61. The smallest absolute Gasteiger partial charge is 0.326 e. The number of benzene rings is 2. The Bertz CT molecular complexity index is 2540. The van der Waals surface area contributed by atoms with Crippen LogP contribution in [0.5, 0.6) is 11.5 Å². The second-order valence-corrected chi connectivity index (χ2v) is 21.2. The highest BCUT2D eigenvalue weighted by molar-refractivity contribution is 5.99. The summed E-state index contributed by atoms with van der Waals surface area (Å²) in [7, 11) is 0. The third-order valence-corrected chi connectivity index (χ3v) is 14.9. The van der Waals surface area contributed by atoms with Gasteiger partial charge in [-0.15, -0.1) is 0 Å². The van der Waals surface area contributed by atoms with E-state index in [0.29, 0.717) is 69.2 Å². The minimum atomic E-state index is -1.69. The summed E-state index contributed by atoms with van der Waals surface area (Å²) in [4.78, 5) is 142. The number of nitrogens with one attached hydrogen (secondary N) is 6. The molecule has 5 rings (SSSR count). The summed E-state index contributed by atoms with van der Waals surface area (Å²) in [6, 6.07) is -1.37. The molecule has 0 bridgehead atoms. The first-order valence-electron chi connectivity index (χ1n) is 28.1. The number of nitrogens with zero attached hydrogens (tertiary/aromatic N) is 3. The molecule has 17 N–H and O–H groups in total. The molecule has 0 radical (unpaired) electrons. The van der Waals surface area contributed by atoms with E-state index >= 15 is 0 Å². The number of likely N-dealkylation sites (tertiary alicyclic amines) is 3. The van der Waals surface area contributed by atoms with Gasteiger partial charge in [0.1, 0.15) is 65.9 Å². The van der Waals surface area contributed by atoms with E-state index in [-0.39, 0.29) is 76.1 Å². The summed E-state index contributed by atoms with van der Waals surface area (Å²) in [6.45, 7) is 2.70. The van der Waals surface area contributed by atoms with Crippen molar-refractivity contribution in [1.82, 2.24) is 46.6 Å². The zero-order chi connectivity index (χ0) is 60.2. The van der Waals surface area contributed by atoms with E-state index in [1.165, 1.54) is 77.1 Å². The normalized spacial score (nSPS) is 19.8. The van der Waals surface area contributed by atoms with Gasteiger partial charge in [0.25, 0.3) is 0 Å². The van der Waals surface area contributed by atoms with E-state index in [1.54, 1.807) is 0 Å². The minimum Gasteiger partial charge on any atom is -0.508 e. The molecule has 9 amide bonds. The van der Waals surface area contributed by atoms with Crippen molar-refractivity contribution in [2.45, 2.75) is 170 Å². The summed E-state index contributed by atoms with van der Waals surface area (Å²) >= 11 is 0. The molecule has 3 heterocycles. The van der Waals surface area contributed by atoms with Crippen LogP contribution in [-0.2, 0) is 60.8 Å². The molecule has 0 aliphatic carbocycles. The number of aliphatic carboxylic acids is 1. The van der Waals surface area contributed by atoms with Crippen molar-refractivity contribution in [2.24, 2.45) is 17.2 Å². The van der Waals surface area contributed by atoms with Crippen LogP contribution in [0.25, 0.3) is 0 Å². The molecular weight excluding hydrogens is 1070 g/mol. The van der Waals surface area contributed by atoms with Crippen LogP contribution in [0.15, 0.2) is 48.5 Å². The number of carboxylic acids is 1. The van der Waals surface area contributed by atoms with Gasteiger partial charge in [-0.3, -0.25) is 43.2 Å². The van der Waals surface area contributed by atoms with Crippen molar-refractivity contribution < 1.29 is 73.5 Å². The lowest BCUT2D eigenvalue weighted by atomic mass is 10.0. The standard InChI is InChI=1S/C55H82N12O15/c1-31(58)46(72)59-37(10-3-5-23-56)52(78)65-25-7-12-42(65)49(75)63-41(30-68)48(74)62-40(29-34-17-21-36(71)22-18-34)53(79)67-27-9-14-44(67)54(80)66-26-8-13-43(66)50(76)64-45(32(2)69)51(77)61-39(28-33-15-19-35(70)20-16-33)47(73)60-38(55(81)82)11-4-6-24-57/h15-22,31-32,37-45,68-71H,3-14,23-30,56-58H2,1-2H3,(H,59,72)(H,60,73)(H,61,77)(H,62,74)(H,63,75)(H,64,76)(H,81,82)/t31-,32+,37-,38-,39-,40-,41-,42-,43-,44-,45-/m0/s1. The van der Waals surface area contributed by atoms with E-state index in [0.717, 1.165) is 0 Å². The van der Waals surface area contributed by atoms with Gasteiger partial charge in [0.2, 0.25) is 53.2 Å². The van der Waals surface area contributed by atoms with Crippen LogP contribution in [0.1, 0.15) is 102 Å². The Kier molecular flexibility index (Phi) is 25.2. The van der Waals surface area contributed by atoms with Gasteiger partial charge >= 0.3 is 5.97 Å². The largest absolute Gasteiger partial charge is 0.508 e. The van der Waals surface area contributed by atoms with Crippen molar-refractivity contribution in [3.63, 3.8) is 0 Å². The third kappa shape index (κ3) is 18.3. The molecule has 0 aromatic heterocycles. The van der Waals surface area contributed by atoms with Crippen LogP contribution in [0.2, 0.25) is 0 Å². The zero-order valence-corrected chi connectivity index (χ0v) is 46.5. The first-order valence-corrected chi connectivity index (χ1v) is 28.1. The molecule has 3 aliphatic heterocycles. The first-order chi connectivity index (χ1) is 39.1. The molecule has 0 saturated carbocycles. The Labute approximate surface area is 475 Å². The Balaban J connectivity index is 1.30. The summed E-state index contributed by atoms with van der Waals surface area (Å²) in [6.07, 6.45) is 1.87. The van der Waals surface area contributed by atoms with Crippen molar-refractivity contribution in [3.05, 3.63) is 59.7 Å². The molecule has 11 atom stereocenters. The number of amides is 9. The van der Waals surface area contributed by atoms with Crippen molar-refractivity contribution in [1.29, 1.82) is 0 Å². The number of aromatic hydroxyl groups is 2. The fraction of sp³-hybridized carbons (Fsp3) is 0.600. The van der Waals surface area contributed by atoms with Crippen LogP contribution in [0, 0.1) is 0 Å². The molecule has 82 heavy (non-hydrogen) atoms. The van der Waals surface area contributed by atoms with E-state index in [9.17, 15) is 73.5 Å². The Morgan fingerprint density at radius 1 is 0.537 bits per heavy atom. The molecular formula is C55H82N12O15. The number of phenolic OH excluding ortho intramolecular Hbond substituents is 2. The average Bonchev–Trinajstić information content (AvgIpc) is 4.37. The lowest BCUT2D eigenvalue weighted by Gasteiger charge is -2.34. The Hall–Kier alpha value is -7.46. The Morgan fingerprint density at radius 3 is 1.48 bits per heavy atom. The Morgan fingerprint density at radius 2 is 0.963 bits per heavy atom. The van der Waals surface area contributed by atoms with Gasteiger partial charge in [-0.25, -0.2) is 4.79 Å². The third-order valence-electron chi connectivity index (χ3n) is 14.9. The summed E-state index contributed by atoms with van der Waals surface area (Å²) in [5.41, 5.74) is 17.9. The number of aliphatic hydroxyl groups excluding tert-OH is 2. The van der Waals surface area contributed by atoms with Gasteiger partial charge in [0.05, 0.1) is 18.8 Å². The van der Waals surface area contributed by atoms with E-state index < -0.39 is 132 Å².